The number of imide groups is 1. The van der Waals surface area contributed by atoms with E-state index in [0.717, 1.165) is 16.5 Å². The summed E-state index contributed by atoms with van der Waals surface area (Å²) in [6.45, 7) is 1.05. The summed E-state index contributed by atoms with van der Waals surface area (Å²) in [6.07, 6.45) is 0. The van der Waals surface area contributed by atoms with Crippen molar-refractivity contribution in [3.05, 3.63) is 41.5 Å². The Balaban J connectivity index is 2.17. The van der Waals surface area contributed by atoms with Gasteiger partial charge in [-0.05, 0) is 32.3 Å². The maximum atomic E-state index is 12.8. The molecule has 2 aromatic carbocycles. The summed E-state index contributed by atoms with van der Waals surface area (Å²) in [5, 5.41) is 1.72. The fourth-order valence-corrected chi connectivity index (χ4v) is 3.02. The molecule has 0 saturated carbocycles. The van der Waals surface area contributed by atoms with E-state index in [-0.39, 0.29) is 11.8 Å². The van der Waals surface area contributed by atoms with Crippen LogP contribution in [-0.2, 0) is 0 Å². The molecule has 0 aliphatic carbocycles. The molecule has 2 amide bonds. The molecule has 0 aromatic heterocycles. The predicted octanol–water partition coefficient (Wildman–Crippen LogP) is 2.06. The maximum Gasteiger partial charge on any atom is 0.261 e. The van der Waals surface area contributed by atoms with Gasteiger partial charge < -0.3 is 9.80 Å². The normalized spacial score (nSPS) is 14.0. The van der Waals surface area contributed by atoms with Gasteiger partial charge in [0.2, 0.25) is 0 Å². The van der Waals surface area contributed by atoms with Crippen LogP contribution in [0, 0.1) is 0 Å². The van der Waals surface area contributed by atoms with Crippen LogP contribution < -0.4 is 4.90 Å². The van der Waals surface area contributed by atoms with Gasteiger partial charge in [0, 0.05) is 54.8 Å². The van der Waals surface area contributed by atoms with Crippen molar-refractivity contribution in [3.63, 3.8) is 0 Å². The van der Waals surface area contributed by atoms with Gasteiger partial charge in [-0.3, -0.25) is 14.5 Å². The minimum absolute atomic E-state index is 0.203. The molecule has 5 nitrogen and oxygen atoms in total. The first-order valence-corrected chi connectivity index (χ1v) is 7.66. The van der Waals surface area contributed by atoms with Crippen molar-refractivity contribution in [1.82, 2.24) is 9.80 Å². The lowest BCUT2D eigenvalue weighted by Gasteiger charge is -2.29. The second kappa shape index (κ2) is 5.66. The van der Waals surface area contributed by atoms with E-state index in [1.807, 2.05) is 68.3 Å². The van der Waals surface area contributed by atoms with E-state index in [0.29, 0.717) is 24.2 Å². The van der Waals surface area contributed by atoms with Crippen molar-refractivity contribution in [2.45, 2.75) is 0 Å². The first-order chi connectivity index (χ1) is 10.9. The van der Waals surface area contributed by atoms with Gasteiger partial charge in [-0.15, -0.1) is 0 Å². The lowest BCUT2D eigenvalue weighted by Crippen LogP contribution is -2.43. The number of amides is 2. The predicted molar refractivity (Wildman–Crippen MR) is 92.2 cm³/mol. The Morgan fingerprint density at radius 3 is 2.17 bits per heavy atom. The lowest BCUT2D eigenvalue weighted by atomic mass is 9.93. The molecular formula is C18H21N3O2. The van der Waals surface area contributed by atoms with Gasteiger partial charge in [-0.1, -0.05) is 12.1 Å². The molecule has 23 heavy (non-hydrogen) atoms. The zero-order valence-electron chi connectivity index (χ0n) is 14.0. The van der Waals surface area contributed by atoms with Gasteiger partial charge in [0.25, 0.3) is 11.8 Å². The summed E-state index contributed by atoms with van der Waals surface area (Å²) in [4.78, 5) is 30.9. The van der Waals surface area contributed by atoms with E-state index in [4.69, 9.17) is 0 Å². The zero-order chi connectivity index (χ0) is 16.7. The van der Waals surface area contributed by atoms with Gasteiger partial charge in [0.1, 0.15) is 0 Å². The molecule has 120 valence electrons. The average molecular weight is 311 g/mol. The number of carbonyl (C=O) groups is 2. The highest BCUT2D eigenvalue weighted by atomic mass is 16.2. The van der Waals surface area contributed by atoms with Crippen LogP contribution in [0.5, 0.6) is 0 Å². The lowest BCUT2D eigenvalue weighted by molar-refractivity contribution is 0.0601. The highest BCUT2D eigenvalue weighted by Gasteiger charge is 2.33. The van der Waals surface area contributed by atoms with E-state index in [9.17, 15) is 9.59 Å². The van der Waals surface area contributed by atoms with E-state index in [1.54, 1.807) is 0 Å². The van der Waals surface area contributed by atoms with Gasteiger partial charge >= 0.3 is 0 Å². The summed E-state index contributed by atoms with van der Waals surface area (Å²) in [5.41, 5.74) is 2.23. The molecule has 0 radical (unpaired) electrons. The Morgan fingerprint density at radius 2 is 1.57 bits per heavy atom. The number of hydrogen-bond donors (Lipinski definition) is 0. The maximum absolute atomic E-state index is 12.8. The molecule has 0 bridgehead atoms. The molecule has 0 saturated heterocycles. The molecule has 0 unspecified atom stereocenters. The monoisotopic (exact) mass is 311 g/mol. The largest absolute Gasteiger partial charge is 0.377 e. The highest BCUT2D eigenvalue weighted by molar-refractivity contribution is 6.26. The number of hydrogen-bond acceptors (Lipinski definition) is 4. The summed E-state index contributed by atoms with van der Waals surface area (Å²) < 4.78 is 0. The van der Waals surface area contributed by atoms with Gasteiger partial charge in [-0.2, -0.15) is 0 Å². The van der Waals surface area contributed by atoms with Crippen molar-refractivity contribution in [2.24, 2.45) is 0 Å². The third-order valence-corrected chi connectivity index (χ3v) is 4.22. The van der Waals surface area contributed by atoms with Crippen LogP contribution in [0.25, 0.3) is 10.8 Å². The SMILES string of the molecule is CN(C)CCN1C(=O)c2cccc3c(N(C)C)ccc(c23)C1=O. The average Bonchev–Trinajstić information content (AvgIpc) is 2.51. The van der Waals surface area contributed by atoms with E-state index in [2.05, 4.69) is 0 Å². The van der Waals surface area contributed by atoms with E-state index in [1.165, 1.54) is 4.90 Å². The minimum Gasteiger partial charge on any atom is -0.377 e. The number of benzene rings is 2. The van der Waals surface area contributed by atoms with Crippen LogP contribution >= 0.6 is 0 Å². The topological polar surface area (TPSA) is 43.9 Å². The number of anilines is 1. The fourth-order valence-electron chi connectivity index (χ4n) is 3.02. The third kappa shape index (κ3) is 2.47. The van der Waals surface area contributed by atoms with Crippen molar-refractivity contribution in [2.75, 3.05) is 46.2 Å². The molecule has 0 atom stereocenters. The summed E-state index contributed by atoms with van der Waals surface area (Å²) in [7, 11) is 7.77. The van der Waals surface area contributed by atoms with Crippen molar-refractivity contribution < 1.29 is 9.59 Å². The summed E-state index contributed by atoms with van der Waals surface area (Å²) in [6, 6.07) is 9.43. The first kappa shape index (κ1) is 15.5. The third-order valence-electron chi connectivity index (χ3n) is 4.22. The van der Waals surface area contributed by atoms with Gasteiger partial charge in [0.15, 0.2) is 0 Å². The first-order valence-electron chi connectivity index (χ1n) is 7.66. The van der Waals surface area contributed by atoms with Crippen molar-refractivity contribution >= 4 is 28.3 Å². The molecule has 1 aliphatic heterocycles. The molecule has 1 heterocycles. The summed E-state index contributed by atoms with van der Waals surface area (Å²) >= 11 is 0. The Morgan fingerprint density at radius 1 is 0.913 bits per heavy atom. The van der Waals surface area contributed by atoms with Crippen LogP contribution in [0.3, 0.4) is 0 Å². The number of rotatable bonds is 4. The number of carbonyl (C=O) groups excluding carboxylic acids is 2. The van der Waals surface area contributed by atoms with Crippen LogP contribution in [-0.4, -0.2) is 62.9 Å². The van der Waals surface area contributed by atoms with Crippen molar-refractivity contribution in [1.29, 1.82) is 0 Å². The minimum atomic E-state index is -0.203. The second-order valence-electron chi connectivity index (χ2n) is 6.32. The molecular weight excluding hydrogens is 290 g/mol. The quantitative estimate of drug-likeness (QED) is 0.811. The fraction of sp³-hybridized carbons (Fsp3) is 0.333. The van der Waals surface area contributed by atoms with Gasteiger partial charge in [-0.25, -0.2) is 0 Å². The molecule has 5 heteroatoms. The second-order valence-corrected chi connectivity index (χ2v) is 6.32. The van der Waals surface area contributed by atoms with Crippen LogP contribution in [0.2, 0.25) is 0 Å². The molecule has 3 rings (SSSR count). The Bertz CT molecular complexity index is 774. The van der Waals surface area contributed by atoms with Crippen LogP contribution in [0.1, 0.15) is 20.7 Å². The zero-order valence-corrected chi connectivity index (χ0v) is 14.0. The Hall–Kier alpha value is -2.40. The standard InChI is InChI=1S/C18H21N3O2/c1-19(2)10-11-21-17(22)13-7-5-6-12-15(20(3)4)9-8-14(16(12)13)18(21)23/h5-9H,10-11H2,1-4H3. The van der Waals surface area contributed by atoms with E-state index >= 15 is 0 Å². The number of likely N-dealkylation sites (N-methyl/N-ethyl adjacent to an activating group) is 1. The Labute approximate surface area is 136 Å². The van der Waals surface area contributed by atoms with Crippen LogP contribution in [0.15, 0.2) is 30.3 Å². The highest BCUT2D eigenvalue weighted by Crippen LogP contribution is 2.35. The number of nitrogens with zero attached hydrogens (tertiary/aromatic N) is 3. The molecule has 0 fully saturated rings. The van der Waals surface area contributed by atoms with Crippen LogP contribution in [0.4, 0.5) is 5.69 Å². The van der Waals surface area contributed by atoms with E-state index < -0.39 is 0 Å². The molecule has 0 N–H and O–H groups in total. The molecule has 0 spiro atoms. The van der Waals surface area contributed by atoms with Crippen molar-refractivity contribution in [3.8, 4) is 0 Å². The molecule has 2 aromatic rings. The molecule has 1 aliphatic rings. The summed E-state index contributed by atoms with van der Waals surface area (Å²) in [5.74, 6) is -0.406. The Kier molecular flexibility index (Phi) is 3.82. The van der Waals surface area contributed by atoms with Gasteiger partial charge in [0.05, 0.1) is 0 Å². The smallest absolute Gasteiger partial charge is 0.261 e.